The van der Waals surface area contributed by atoms with Crippen LogP contribution in [0.15, 0.2) is 0 Å². The number of hydrogen-bond donors (Lipinski definition) is 1. The normalized spacial score (nSPS) is 31.6. The van der Waals surface area contributed by atoms with E-state index in [1.807, 2.05) is 0 Å². The summed E-state index contributed by atoms with van der Waals surface area (Å²) in [6, 6.07) is 0.775. The maximum Gasteiger partial charge on any atom is 0.0365 e. The van der Waals surface area contributed by atoms with Gasteiger partial charge in [0.2, 0.25) is 0 Å². The predicted molar refractivity (Wildman–Crippen MR) is 72.2 cm³/mol. The van der Waals surface area contributed by atoms with Crippen molar-refractivity contribution in [1.82, 2.24) is 10.2 Å². The molecule has 0 aromatic carbocycles. The van der Waals surface area contributed by atoms with E-state index in [1.54, 1.807) is 0 Å². The largest absolute Gasteiger partial charge is 0.315 e. The van der Waals surface area contributed by atoms with Crippen molar-refractivity contribution in [3.8, 4) is 0 Å². The van der Waals surface area contributed by atoms with Gasteiger partial charge in [-0.3, -0.25) is 4.90 Å². The average molecular weight is 236 g/mol. The molecule has 1 unspecified atom stereocenters. The van der Waals surface area contributed by atoms with E-state index in [1.165, 1.54) is 70.9 Å². The Kier molecular flexibility index (Phi) is 3.45. The Labute approximate surface area is 106 Å². The van der Waals surface area contributed by atoms with Gasteiger partial charge in [-0.2, -0.15) is 0 Å². The van der Waals surface area contributed by atoms with Crippen LogP contribution in [0.3, 0.4) is 0 Å². The van der Waals surface area contributed by atoms with E-state index in [2.05, 4.69) is 17.3 Å². The highest BCUT2D eigenvalue weighted by atomic mass is 15.2. The Bertz CT molecular complexity index is 248. The van der Waals surface area contributed by atoms with Crippen LogP contribution in [0.1, 0.15) is 57.8 Å². The summed E-state index contributed by atoms with van der Waals surface area (Å²) < 4.78 is 0. The number of likely N-dealkylation sites (N-methyl/N-ethyl adjacent to an activating group) is 1. The summed E-state index contributed by atoms with van der Waals surface area (Å²) in [5, 5.41) is 3.72. The number of likely N-dealkylation sites (tertiary alicyclic amines) is 1. The molecule has 3 fully saturated rings. The molecule has 0 aromatic rings. The molecular weight excluding hydrogens is 208 g/mol. The van der Waals surface area contributed by atoms with Crippen molar-refractivity contribution < 1.29 is 0 Å². The Morgan fingerprint density at radius 2 is 1.65 bits per heavy atom. The molecular formula is C15H28N2. The van der Waals surface area contributed by atoms with Crippen molar-refractivity contribution in [3.63, 3.8) is 0 Å². The fourth-order valence-corrected chi connectivity index (χ4v) is 4.69. The zero-order valence-corrected chi connectivity index (χ0v) is 11.4. The van der Waals surface area contributed by atoms with E-state index in [9.17, 15) is 0 Å². The van der Waals surface area contributed by atoms with Gasteiger partial charge in [0.15, 0.2) is 0 Å². The van der Waals surface area contributed by atoms with Crippen LogP contribution in [-0.4, -0.2) is 36.6 Å². The molecule has 1 atom stereocenters. The third-order valence-electron chi connectivity index (χ3n) is 5.72. The van der Waals surface area contributed by atoms with Gasteiger partial charge in [0.1, 0.15) is 0 Å². The molecule has 2 saturated carbocycles. The highest BCUT2D eigenvalue weighted by molar-refractivity contribution is 5.07. The van der Waals surface area contributed by atoms with Crippen molar-refractivity contribution >= 4 is 0 Å². The standard InChI is InChI=1S/C15H28N2/c1-16-14(13-7-6-8-13)15(9-2-3-10-15)17-11-4-5-12-17/h13-14,16H,2-12H2,1H3. The van der Waals surface area contributed by atoms with E-state index in [-0.39, 0.29) is 0 Å². The van der Waals surface area contributed by atoms with Crippen LogP contribution in [0.4, 0.5) is 0 Å². The highest BCUT2D eigenvalue weighted by Gasteiger charge is 2.49. The molecule has 1 aliphatic heterocycles. The lowest BCUT2D eigenvalue weighted by Gasteiger charge is -2.50. The first-order valence-corrected chi connectivity index (χ1v) is 7.79. The summed E-state index contributed by atoms with van der Waals surface area (Å²) in [6.45, 7) is 2.73. The first kappa shape index (κ1) is 12.0. The van der Waals surface area contributed by atoms with Gasteiger partial charge in [0, 0.05) is 11.6 Å². The Hall–Kier alpha value is -0.0800. The molecule has 1 saturated heterocycles. The summed E-state index contributed by atoms with van der Waals surface area (Å²) >= 11 is 0. The number of rotatable bonds is 4. The molecule has 2 heteroatoms. The van der Waals surface area contributed by atoms with Gasteiger partial charge in [-0.15, -0.1) is 0 Å². The van der Waals surface area contributed by atoms with Crippen LogP contribution in [-0.2, 0) is 0 Å². The molecule has 1 N–H and O–H groups in total. The third kappa shape index (κ3) is 1.94. The molecule has 0 radical (unpaired) electrons. The molecule has 3 rings (SSSR count). The predicted octanol–water partition coefficient (Wildman–Crippen LogP) is 2.78. The maximum atomic E-state index is 3.72. The summed E-state index contributed by atoms with van der Waals surface area (Å²) in [5.41, 5.74) is 0.538. The van der Waals surface area contributed by atoms with Crippen LogP contribution in [0.5, 0.6) is 0 Å². The molecule has 0 bridgehead atoms. The van der Waals surface area contributed by atoms with Gasteiger partial charge in [0.25, 0.3) is 0 Å². The molecule has 0 amide bonds. The maximum absolute atomic E-state index is 3.72. The van der Waals surface area contributed by atoms with E-state index in [4.69, 9.17) is 0 Å². The summed E-state index contributed by atoms with van der Waals surface area (Å²) in [6.07, 6.45) is 13.1. The second kappa shape index (κ2) is 4.89. The Morgan fingerprint density at radius 3 is 2.12 bits per heavy atom. The first-order valence-electron chi connectivity index (χ1n) is 7.79. The van der Waals surface area contributed by atoms with E-state index >= 15 is 0 Å². The van der Waals surface area contributed by atoms with Gasteiger partial charge < -0.3 is 5.32 Å². The zero-order valence-electron chi connectivity index (χ0n) is 11.4. The highest BCUT2D eigenvalue weighted by Crippen LogP contribution is 2.45. The average Bonchev–Trinajstić information content (AvgIpc) is 2.92. The zero-order chi connectivity index (χ0) is 11.7. The van der Waals surface area contributed by atoms with Gasteiger partial charge in [-0.1, -0.05) is 19.3 Å². The first-order chi connectivity index (χ1) is 8.37. The number of nitrogens with one attached hydrogen (secondary N) is 1. The fourth-order valence-electron chi connectivity index (χ4n) is 4.69. The Balaban J connectivity index is 1.80. The minimum absolute atomic E-state index is 0.538. The molecule has 98 valence electrons. The molecule has 2 nitrogen and oxygen atoms in total. The van der Waals surface area contributed by atoms with Crippen LogP contribution in [0.25, 0.3) is 0 Å². The van der Waals surface area contributed by atoms with Crippen LogP contribution in [0, 0.1) is 5.92 Å². The minimum Gasteiger partial charge on any atom is -0.315 e. The van der Waals surface area contributed by atoms with Crippen LogP contribution in [0.2, 0.25) is 0 Å². The lowest BCUT2D eigenvalue weighted by atomic mass is 9.70. The Morgan fingerprint density at radius 1 is 1.00 bits per heavy atom. The van der Waals surface area contributed by atoms with Gasteiger partial charge >= 0.3 is 0 Å². The third-order valence-corrected chi connectivity index (χ3v) is 5.72. The summed E-state index contributed by atoms with van der Waals surface area (Å²) in [7, 11) is 2.21. The van der Waals surface area contributed by atoms with E-state index in [0.29, 0.717) is 5.54 Å². The minimum atomic E-state index is 0.538. The quantitative estimate of drug-likeness (QED) is 0.807. The number of nitrogens with zero attached hydrogens (tertiary/aromatic N) is 1. The molecule has 0 aromatic heterocycles. The van der Waals surface area contributed by atoms with Crippen molar-refractivity contribution in [1.29, 1.82) is 0 Å². The number of hydrogen-bond acceptors (Lipinski definition) is 2. The monoisotopic (exact) mass is 236 g/mol. The van der Waals surface area contributed by atoms with Crippen molar-refractivity contribution in [2.45, 2.75) is 69.4 Å². The van der Waals surface area contributed by atoms with Crippen molar-refractivity contribution in [2.75, 3.05) is 20.1 Å². The SMILES string of the molecule is CNC(C1CCC1)C1(N2CCCC2)CCCC1. The molecule has 3 aliphatic rings. The second-order valence-electron chi connectivity index (χ2n) is 6.46. The van der Waals surface area contributed by atoms with Gasteiger partial charge in [-0.25, -0.2) is 0 Å². The second-order valence-corrected chi connectivity index (χ2v) is 6.46. The van der Waals surface area contributed by atoms with Crippen molar-refractivity contribution in [3.05, 3.63) is 0 Å². The lowest BCUT2D eigenvalue weighted by molar-refractivity contribution is 0.0330. The lowest BCUT2D eigenvalue weighted by Crippen LogP contribution is -2.62. The smallest absolute Gasteiger partial charge is 0.0365 e. The molecule has 2 aliphatic carbocycles. The van der Waals surface area contributed by atoms with Crippen LogP contribution < -0.4 is 5.32 Å². The topological polar surface area (TPSA) is 15.3 Å². The fraction of sp³-hybridized carbons (Fsp3) is 1.00. The van der Waals surface area contributed by atoms with Gasteiger partial charge in [-0.05, 0) is 64.6 Å². The van der Waals surface area contributed by atoms with Crippen molar-refractivity contribution in [2.24, 2.45) is 5.92 Å². The van der Waals surface area contributed by atoms with Gasteiger partial charge in [0.05, 0.1) is 0 Å². The summed E-state index contributed by atoms with van der Waals surface area (Å²) in [5.74, 6) is 0.971. The molecule has 0 spiro atoms. The summed E-state index contributed by atoms with van der Waals surface area (Å²) in [4.78, 5) is 2.86. The molecule has 1 heterocycles. The molecule has 17 heavy (non-hydrogen) atoms. The van der Waals surface area contributed by atoms with E-state index < -0.39 is 0 Å². The van der Waals surface area contributed by atoms with E-state index in [0.717, 1.165) is 12.0 Å². The van der Waals surface area contributed by atoms with Crippen LogP contribution >= 0.6 is 0 Å².